The first-order valence-corrected chi connectivity index (χ1v) is 9.44. The van der Waals surface area contributed by atoms with Gasteiger partial charge in [0, 0.05) is 17.0 Å². The number of hydrogen-bond acceptors (Lipinski definition) is 6. The molecule has 0 aliphatic rings. The summed E-state index contributed by atoms with van der Waals surface area (Å²) in [5.74, 6) is 2.21. The van der Waals surface area contributed by atoms with Crippen molar-refractivity contribution in [2.24, 2.45) is 0 Å². The third-order valence-electron chi connectivity index (χ3n) is 3.36. The maximum atomic E-state index is 10.6. The summed E-state index contributed by atoms with van der Waals surface area (Å²) in [6.45, 7) is 5.30. The molecule has 0 fully saturated rings. The minimum atomic E-state index is 0.00134. The monoisotopic (exact) mass is 408 g/mol. The van der Waals surface area contributed by atoms with Crippen LogP contribution in [0.3, 0.4) is 0 Å². The molecule has 0 unspecified atom stereocenters. The molecule has 6 nitrogen and oxygen atoms in total. The van der Waals surface area contributed by atoms with E-state index in [0.717, 1.165) is 12.7 Å². The average molecular weight is 409 g/mol. The van der Waals surface area contributed by atoms with Crippen molar-refractivity contribution in [2.75, 3.05) is 25.7 Å². The summed E-state index contributed by atoms with van der Waals surface area (Å²) >= 11 is 5.56. The van der Waals surface area contributed by atoms with Gasteiger partial charge in [-0.05, 0) is 56.7 Å². The number of rotatable bonds is 10. The van der Waals surface area contributed by atoms with Crippen LogP contribution in [0.4, 0.5) is 0 Å². The first-order chi connectivity index (χ1) is 13.6. The highest BCUT2D eigenvalue weighted by Gasteiger charge is 2.06. The summed E-state index contributed by atoms with van der Waals surface area (Å²) < 4.78 is 16.0. The molecule has 2 aromatic carbocycles. The van der Waals surface area contributed by atoms with Crippen molar-refractivity contribution in [3.63, 3.8) is 0 Å². The molecule has 2 aromatic rings. The van der Waals surface area contributed by atoms with Gasteiger partial charge in [0.05, 0.1) is 19.8 Å². The third-order valence-corrected chi connectivity index (χ3v) is 3.63. The normalized spacial score (nSPS) is 9.68. The van der Waals surface area contributed by atoms with Crippen molar-refractivity contribution in [3.8, 4) is 23.0 Å². The third kappa shape index (κ3) is 7.88. The molecule has 0 atom stereocenters. The molecule has 1 N–H and O–H groups in total. The van der Waals surface area contributed by atoms with Crippen LogP contribution in [-0.2, 0) is 0 Å². The Kier molecular flexibility index (Phi) is 11.2. The number of benzene rings is 2. The fourth-order valence-electron chi connectivity index (χ4n) is 2.11. The van der Waals surface area contributed by atoms with E-state index in [0.29, 0.717) is 60.4 Å². The zero-order valence-corrected chi connectivity index (χ0v) is 16.8. The Morgan fingerprint density at radius 1 is 0.857 bits per heavy atom. The number of phenolic OH excluding ortho intramolecular Hbond substituents is 1. The number of hydrogen-bond donors (Lipinski definition) is 1. The maximum Gasteiger partial charge on any atom is 0.161 e. The first kappa shape index (κ1) is 23.3. The molecule has 0 saturated heterocycles. The second-order valence-electron chi connectivity index (χ2n) is 5.43. The molecule has 0 amide bonds. The number of alkyl halides is 1. The van der Waals surface area contributed by atoms with Crippen molar-refractivity contribution in [2.45, 2.75) is 20.3 Å². The Balaban J connectivity index is 0.000000292. The fraction of sp³-hybridized carbons (Fsp3) is 0.333. The molecule has 2 rings (SSSR count). The van der Waals surface area contributed by atoms with Crippen LogP contribution in [0.25, 0.3) is 0 Å². The van der Waals surface area contributed by atoms with E-state index in [2.05, 4.69) is 0 Å². The standard InChI is InChI=1S/C12H15ClO3.C9H10O3/c1-2-15-11-5-4-10(9-14)8-12(11)16-7-3-6-13;1-2-12-9-4-3-7(6-10)5-8(9)11/h4-5,8-9H,2-3,6-7H2,1H3;3-6,11H,2H2,1H3. The summed E-state index contributed by atoms with van der Waals surface area (Å²) in [6, 6.07) is 9.65. The number of aromatic hydroxyl groups is 1. The number of halogens is 1. The summed E-state index contributed by atoms with van der Waals surface area (Å²) in [7, 11) is 0. The van der Waals surface area contributed by atoms with Gasteiger partial charge in [0.2, 0.25) is 0 Å². The number of carbonyl (C=O) groups excluding carboxylic acids is 2. The van der Waals surface area contributed by atoms with Crippen molar-refractivity contribution in [3.05, 3.63) is 47.5 Å². The van der Waals surface area contributed by atoms with Crippen molar-refractivity contribution in [1.82, 2.24) is 0 Å². The average Bonchev–Trinajstić information content (AvgIpc) is 2.71. The van der Waals surface area contributed by atoms with E-state index in [1.165, 1.54) is 6.07 Å². The predicted molar refractivity (Wildman–Crippen MR) is 108 cm³/mol. The van der Waals surface area contributed by atoms with E-state index in [4.69, 9.17) is 25.8 Å². The lowest BCUT2D eigenvalue weighted by Crippen LogP contribution is -2.02. The van der Waals surface area contributed by atoms with Gasteiger partial charge in [-0.2, -0.15) is 0 Å². The molecule has 0 radical (unpaired) electrons. The maximum absolute atomic E-state index is 10.6. The zero-order valence-electron chi connectivity index (χ0n) is 16.0. The van der Waals surface area contributed by atoms with Gasteiger partial charge >= 0.3 is 0 Å². The summed E-state index contributed by atoms with van der Waals surface area (Å²) in [4.78, 5) is 20.9. The Bertz CT molecular complexity index is 748. The van der Waals surface area contributed by atoms with Gasteiger partial charge in [0.1, 0.15) is 12.6 Å². The SMILES string of the molecule is CCOc1ccc(C=O)cc1O.CCOc1ccc(C=O)cc1OCCCCl. The van der Waals surface area contributed by atoms with Gasteiger partial charge in [-0.1, -0.05) is 0 Å². The summed E-state index contributed by atoms with van der Waals surface area (Å²) in [5, 5.41) is 9.27. The van der Waals surface area contributed by atoms with Gasteiger partial charge in [0.15, 0.2) is 23.0 Å². The largest absolute Gasteiger partial charge is 0.504 e. The Morgan fingerprint density at radius 3 is 1.96 bits per heavy atom. The van der Waals surface area contributed by atoms with Gasteiger partial charge < -0.3 is 19.3 Å². The molecule has 0 heterocycles. The topological polar surface area (TPSA) is 82.1 Å². The van der Waals surface area contributed by atoms with Crippen LogP contribution in [0.2, 0.25) is 0 Å². The molecular weight excluding hydrogens is 384 g/mol. The lowest BCUT2D eigenvalue weighted by atomic mass is 10.2. The number of ether oxygens (including phenoxy) is 3. The van der Waals surface area contributed by atoms with Gasteiger partial charge in [0.25, 0.3) is 0 Å². The van der Waals surface area contributed by atoms with E-state index >= 15 is 0 Å². The minimum Gasteiger partial charge on any atom is -0.504 e. The van der Waals surface area contributed by atoms with Crippen LogP contribution >= 0.6 is 11.6 Å². The zero-order chi connectivity index (χ0) is 20.8. The van der Waals surface area contributed by atoms with Crippen LogP contribution in [-0.4, -0.2) is 43.4 Å². The van der Waals surface area contributed by atoms with E-state index < -0.39 is 0 Å². The molecule has 0 aliphatic heterocycles. The fourth-order valence-corrected chi connectivity index (χ4v) is 2.22. The predicted octanol–water partition coefficient (Wildman–Crippen LogP) is 4.51. The lowest BCUT2D eigenvalue weighted by Gasteiger charge is -2.11. The van der Waals surface area contributed by atoms with E-state index in [1.807, 2.05) is 13.8 Å². The van der Waals surface area contributed by atoms with Gasteiger partial charge in [-0.15, -0.1) is 11.6 Å². The minimum absolute atomic E-state index is 0.00134. The van der Waals surface area contributed by atoms with Crippen LogP contribution < -0.4 is 14.2 Å². The van der Waals surface area contributed by atoms with E-state index in [-0.39, 0.29) is 5.75 Å². The second-order valence-corrected chi connectivity index (χ2v) is 5.80. The van der Waals surface area contributed by atoms with Crippen molar-refractivity contribution >= 4 is 24.2 Å². The Morgan fingerprint density at radius 2 is 1.43 bits per heavy atom. The van der Waals surface area contributed by atoms with Gasteiger partial charge in [-0.3, -0.25) is 9.59 Å². The molecular formula is C21H25ClO6. The molecule has 7 heteroatoms. The van der Waals surface area contributed by atoms with Crippen molar-refractivity contribution < 1.29 is 28.9 Å². The van der Waals surface area contributed by atoms with E-state index in [1.54, 1.807) is 30.3 Å². The molecule has 28 heavy (non-hydrogen) atoms. The second kappa shape index (κ2) is 13.4. The van der Waals surface area contributed by atoms with Gasteiger partial charge in [-0.25, -0.2) is 0 Å². The Labute approximate surface area is 170 Å². The van der Waals surface area contributed by atoms with Crippen LogP contribution in [0, 0.1) is 0 Å². The highest BCUT2D eigenvalue weighted by atomic mass is 35.5. The highest BCUT2D eigenvalue weighted by molar-refractivity contribution is 6.17. The highest BCUT2D eigenvalue weighted by Crippen LogP contribution is 2.28. The van der Waals surface area contributed by atoms with Crippen LogP contribution in [0.1, 0.15) is 41.0 Å². The molecule has 0 aliphatic carbocycles. The van der Waals surface area contributed by atoms with Crippen molar-refractivity contribution in [1.29, 1.82) is 0 Å². The molecule has 152 valence electrons. The molecule has 0 aromatic heterocycles. The molecule has 0 spiro atoms. The molecule has 0 bridgehead atoms. The Hall–Kier alpha value is -2.73. The first-order valence-electron chi connectivity index (χ1n) is 8.91. The number of aldehydes is 2. The summed E-state index contributed by atoms with van der Waals surface area (Å²) in [5.41, 5.74) is 1.01. The lowest BCUT2D eigenvalue weighted by molar-refractivity contribution is 0.111. The van der Waals surface area contributed by atoms with Crippen LogP contribution in [0.5, 0.6) is 23.0 Å². The van der Waals surface area contributed by atoms with Crippen LogP contribution in [0.15, 0.2) is 36.4 Å². The summed E-state index contributed by atoms with van der Waals surface area (Å²) in [6.07, 6.45) is 2.22. The van der Waals surface area contributed by atoms with E-state index in [9.17, 15) is 14.7 Å². The quantitative estimate of drug-likeness (QED) is 0.354. The number of carbonyl (C=O) groups is 2. The number of phenols is 1. The smallest absolute Gasteiger partial charge is 0.161 e. The molecule has 0 saturated carbocycles.